The Morgan fingerprint density at radius 1 is 0.478 bits per heavy atom. The summed E-state index contributed by atoms with van der Waals surface area (Å²) >= 11 is 0. The van der Waals surface area contributed by atoms with Crippen molar-refractivity contribution >= 4 is 9.24 Å². The Balaban J connectivity index is 1.85. The van der Waals surface area contributed by atoms with Gasteiger partial charge >= 0.3 is 0 Å². The molecular weight excluding hydrogens is 295 g/mol. The van der Waals surface area contributed by atoms with Crippen LogP contribution in [0.2, 0.25) is 0 Å². The summed E-state index contributed by atoms with van der Waals surface area (Å²) in [5.74, 6) is 0. The van der Waals surface area contributed by atoms with Gasteiger partial charge in [0.05, 0.1) is 0 Å². The number of hydrogen-bond acceptors (Lipinski definition) is 0. The first kappa shape index (κ1) is 16.0. The minimum absolute atomic E-state index is 0.129. The minimum atomic E-state index is 0.129. The van der Waals surface area contributed by atoms with Crippen LogP contribution in [0.5, 0.6) is 0 Å². The Bertz CT molecular complexity index is 603. The Morgan fingerprint density at radius 3 is 1.00 bits per heavy atom. The van der Waals surface area contributed by atoms with Crippen molar-refractivity contribution in [2.45, 2.75) is 24.4 Å². The van der Waals surface area contributed by atoms with Crippen molar-refractivity contribution in [3.8, 4) is 0 Å². The van der Waals surface area contributed by atoms with Crippen molar-refractivity contribution in [1.29, 1.82) is 0 Å². The molecule has 0 aliphatic carbocycles. The molecular formula is C22H23P. The standard InChI is InChI=1S/C22H23P/c23-22(16-19-10-4-1-5-11-19,17-20-12-6-2-7-13-20)18-21-14-8-3-9-15-21/h1-15H,16-18,23H2. The maximum atomic E-state index is 3.16. The zero-order chi connectivity index (χ0) is 16.0. The molecule has 1 heteroatoms. The van der Waals surface area contributed by atoms with Gasteiger partial charge in [-0.2, -0.15) is 0 Å². The summed E-state index contributed by atoms with van der Waals surface area (Å²) in [6.45, 7) is 0. The van der Waals surface area contributed by atoms with E-state index in [0.29, 0.717) is 0 Å². The number of benzene rings is 3. The van der Waals surface area contributed by atoms with Gasteiger partial charge in [0.2, 0.25) is 0 Å². The molecule has 3 aromatic carbocycles. The normalized spacial score (nSPS) is 11.3. The van der Waals surface area contributed by atoms with Gasteiger partial charge in [-0.05, 0) is 41.1 Å². The second-order valence-electron chi connectivity index (χ2n) is 6.35. The predicted octanol–water partition coefficient (Wildman–Crippen LogP) is 5.33. The van der Waals surface area contributed by atoms with Crippen LogP contribution >= 0.6 is 9.24 Å². The van der Waals surface area contributed by atoms with E-state index in [0.717, 1.165) is 19.3 Å². The summed E-state index contributed by atoms with van der Waals surface area (Å²) < 4.78 is 0. The zero-order valence-corrected chi connectivity index (χ0v) is 14.5. The topological polar surface area (TPSA) is 0 Å². The molecule has 0 aliphatic heterocycles. The maximum Gasteiger partial charge on any atom is -0.00295 e. The Morgan fingerprint density at radius 2 is 0.739 bits per heavy atom. The molecule has 23 heavy (non-hydrogen) atoms. The molecule has 0 nitrogen and oxygen atoms in total. The van der Waals surface area contributed by atoms with Crippen molar-refractivity contribution in [1.82, 2.24) is 0 Å². The average molecular weight is 318 g/mol. The smallest absolute Gasteiger partial charge is 0.00295 e. The van der Waals surface area contributed by atoms with Gasteiger partial charge in [-0.25, -0.2) is 0 Å². The molecule has 0 aliphatic rings. The quantitative estimate of drug-likeness (QED) is 0.539. The highest BCUT2D eigenvalue weighted by Gasteiger charge is 2.26. The Labute approximate surface area is 141 Å². The molecule has 0 spiro atoms. The zero-order valence-electron chi connectivity index (χ0n) is 13.4. The van der Waals surface area contributed by atoms with E-state index < -0.39 is 0 Å². The molecule has 0 fully saturated rings. The van der Waals surface area contributed by atoms with E-state index in [2.05, 4.69) is 100 Å². The van der Waals surface area contributed by atoms with Crippen LogP contribution in [0.4, 0.5) is 0 Å². The van der Waals surface area contributed by atoms with Gasteiger partial charge < -0.3 is 0 Å². The third-order valence-electron chi connectivity index (χ3n) is 4.20. The van der Waals surface area contributed by atoms with E-state index in [-0.39, 0.29) is 5.16 Å². The lowest BCUT2D eigenvalue weighted by molar-refractivity contribution is 0.574. The first-order valence-electron chi connectivity index (χ1n) is 8.14. The first-order chi connectivity index (χ1) is 11.2. The highest BCUT2D eigenvalue weighted by molar-refractivity contribution is 7.19. The van der Waals surface area contributed by atoms with Crippen LogP contribution in [0.3, 0.4) is 0 Å². The lowest BCUT2D eigenvalue weighted by Gasteiger charge is -2.30. The summed E-state index contributed by atoms with van der Waals surface area (Å²) in [7, 11) is 3.16. The van der Waals surface area contributed by atoms with Gasteiger partial charge in [0.1, 0.15) is 0 Å². The highest BCUT2D eigenvalue weighted by atomic mass is 31.0. The fourth-order valence-electron chi connectivity index (χ4n) is 3.19. The van der Waals surface area contributed by atoms with Crippen LogP contribution in [0.15, 0.2) is 91.0 Å². The summed E-state index contributed by atoms with van der Waals surface area (Å²) in [4.78, 5) is 0. The number of hydrogen-bond donors (Lipinski definition) is 0. The predicted molar refractivity (Wildman–Crippen MR) is 103 cm³/mol. The van der Waals surface area contributed by atoms with E-state index >= 15 is 0 Å². The van der Waals surface area contributed by atoms with Crippen LogP contribution in [0.1, 0.15) is 16.7 Å². The molecule has 0 heterocycles. The van der Waals surface area contributed by atoms with Crippen LogP contribution in [0.25, 0.3) is 0 Å². The van der Waals surface area contributed by atoms with Crippen molar-refractivity contribution in [2.75, 3.05) is 0 Å². The Kier molecular flexibility index (Phi) is 5.26. The van der Waals surface area contributed by atoms with Gasteiger partial charge in [0, 0.05) is 0 Å². The maximum absolute atomic E-state index is 3.16. The van der Waals surface area contributed by atoms with Gasteiger partial charge in [-0.15, -0.1) is 9.24 Å². The fourth-order valence-corrected chi connectivity index (χ4v) is 3.90. The summed E-state index contributed by atoms with van der Waals surface area (Å²) in [5, 5.41) is 0.129. The average Bonchev–Trinajstić information content (AvgIpc) is 2.57. The monoisotopic (exact) mass is 318 g/mol. The van der Waals surface area contributed by atoms with Crippen LogP contribution in [-0.4, -0.2) is 5.16 Å². The molecule has 0 N–H and O–H groups in total. The van der Waals surface area contributed by atoms with Crippen LogP contribution in [-0.2, 0) is 19.3 Å². The third kappa shape index (κ3) is 4.78. The molecule has 3 rings (SSSR count). The molecule has 0 radical (unpaired) electrons. The lowest BCUT2D eigenvalue weighted by atomic mass is 9.86. The molecule has 116 valence electrons. The molecule has 1 unspecified atom stereocenters. The van der Waals surface area contributed by atoms with Gasteiger partial charge in [0.25, 0.3) is 0 Å². The molecule has 0 amide bonds. The molecule has 0 aromatic heterocycles. The molecule has 1 atom stereocenters. The van der Waals surface area contributed by atoms with E-state index in [9.17, 15) is 0 Å². The van der Waals surface area contributed by atoms with E-state index in [1.807, 2.05) is 0 Å². The van der Waals surface area contributed by atoms with Gasteiger partial charge in [-0.3, -0.25) is 0 Å². The van der Waals surface area contributed by atoms with E-state index in [1.165, 1.54) is 16.7 Å². The van der Waals surface area contributed by atoms with E-state index in [1.54, 1.807) is 0 Å². The minimum Gasteiger partial charge on any atom is -0.130 e. The van der Waals surface area contributed by atoms with Crippen molar-refractivity contribution in [3.05, 3.63) is 108 Å². The summed E-state index contributed by atoms with van der Waals surface area (Å²) in [6.07, 6.45) is 3.17. The second kappa shape index (κ2) is 7.57. The van der Waals surface area contributed by atoms with Crippen molar-refractivity contribution in [3.63, 3.8) is 0 Å². The SMILES string of the molecule is PC(Cc1ccccc1)(Cc1ccccc1)Cc1ccccc1. The molecule has 0 saturated carbocycles. The second-order valence-corrected chi connectivity index (χ2v) is 7.57. The van der Waals surface area contributed by atoms with Crippen LogP contribution in [0, 0.1) is 0 Å². The molecule has 3 aromatic rings. The Hall–Kier alpha value is -1.91. The largest absolute Gasteiger partial charge is 0.130 e. The third-order valence-corrected chi connectivity index (χ3v) is 4.81. The molecule has 0 bridgehead atoms. The van der Waals surface area contributed by atoms with Crippen molar-refractivity contribution < 1.29 is 0 Å². The highest BCUT2D eigenvalue weighted by Crippen LogP contribution is 2.32. The van der Waals surface area contributed by atoms with Gasteiger partial charge in [-0.1, -0.05) is 91.0 Å². The fraction of sp³-hybridized carbons (Fsp3) is 0.182. The van der Waals surface area contributed by atoms with Crippen molar-refractivity contribution in [2.24, 2.45) is 0 Å². The van der Waals surface area contributed by atoms with E-state index in [4.69, 9.17) is 0 Å². The number of rotatable bonds is 6. The molecule has 0 saturated heterocycles. The van der Waals surface area contributed by atoms with Crippen LogP contribution < -0.4 is 0 Å². The lowest BCUT2D eigenvalue weighted by Crippen LogP contribution is -2.30. The summed E-state index contributed by atoms with van der Waals surface area (Å²) in [5.41, 5.74) is 4.19. The van der Waals surface area contributed by atoms with Gasteiger partial charge in [0.15, 0.2) is 0 Å². The summed E-state index contributed by atoms with van der Waals surface area (Å²) in [6, 6.07) is 32.4. The first-order valence-corrected chi connectivity index (χ1v) is 8.72.